The SMILES string of the molecule is N#CCOC(=O)c1cccc(NS(=O)(=O)c2ccccc2)c1. The summed E-state index contributed by atoms with van der Waals surface area (Å²) in [5.41, 5.74) is 0.388. The first-order chi connectivity index (χ1) is 10.5. The number of nitrogens with one attached hydrogen (secondary N) is 1. The first kappa shape index (κ1) is 15.5. The van der Waals surface area contributed by atoms with Crippen molar-refractivity contribution in [2.45, 2.75) is 4.90 Å². The molecular weight excluding hydrogens is 304 g/mol. The third-order valence-electron chi connectivity index (χ3n) is 2.67. The Morgan fingerprint density at radius 2 is 1.86 bits per heavy atom. The molecule has 0 saturated heterocycles. The van der Waals surface area contributed by atoms with Crippen LogP contribution in [0.25, 0.3) is 0 Å². The van der Waals surface area contributed by atoms with Crippen LogP contribution in [-0.2, 0) is 14.8 Å². The number of carbonyl (C=O) groups is 1. The van der Waals surface area contributed by atoms with Gasteiger partial charge in [0.2, 0.25) is 0 Å². The Balaban J connectivity index is 2.21. The zero-order chi connectivity index (χ0) is 16.0. The zero-order valence-corrected chi connectivity index (χ0v) is 12.2. The molecule has 0 amide bonds. The summed E-state index contributed by atoms with van der Waals surface area (Å²) < 4.78 is 31.4. The van der Waals surface area contributed by atoms with Gasteiger partial charge in [0.1, 0.15) is 6.07 Å². The van der Waals surface area contributed by atoms with Crippen LogP contribution < -0.4 is 4.72 Å². The molecule has 0 heterocycles. The molecule has 2 aromatic carbocycles. The van der Waals surface area contributed by atoms with Gasteiger partial charge in [-0.2, -0.15) is 5.26 Å². The quantitative estimate of drug-likeness (QED) is 0.853. The van der Waals surface area contributed by atoms with E-state index in [2.05, 4.69) is 9.46 Å². The van der Waals surface area contributed by atoms with Gasteiger partial charge in [-0.05, 0) is 30.3 Å². The highest BCUT2D eigenvalue weighted by atomic mass is 32.2. The van der Waals surface area contributed by atoms with Gasteiger partial charge in [-0.15, -0.1) is 0 Å². The van der Waals surface area contributed by atoms with Crippen LogP contribution in [-0.4, -0.2) is 21.0 Å². The Hall–Kier alpha value is -2.85. The van der Waals surface area contributed by atoms with Crippen molar-refractivity contribution in [3.8, 4) is 6.07 Å². The van der Waals surface area contributed by atoms with Crippen molar-refractivity contribution in [2.24, 2.45) is 0 Å². The van der Waals surface area contributed by atoms with Crippen molar-refractivity contribution in [1.29, 1.82) is 5.26 Å². The monoisotopic (exact) mass is 316 g/mol. The lowest BCUT2D eigenvalue weighted by Gasteiger charge is -2.09. The average Bonchev–Trinajstić information content (AvgIpc) is 2.53. The number of nitriles is 1. The summed E-state index contributed by atoms with van der Waals surface area (Å²) in [7, 11) is -3.73. The number of hydrogen-bond donors (Lipinski definition) is 1. The third kappa shape index (κ3) is 3.84. The molecule has 0 bridgehead atoms. The Kier molecular flexibility index (Phi) is 4.76. The van der Waals surface area contributed by atoms with Gasteiger partial charge in [0.25, 0.3) is 10.0 Å². The molecule has 0 saturated carbocycles. The van der Waals surface area contributed by atoms with E-state index < -0.39 is 16.0 Å². The predicted octanol–water partition coefficient (Wildman–Crippen LogP) is 2.17. The maximum absolute atomic E-state index is 12.2. The van der Waals surface area contributed by atoms with Crippen LogP contribution in [0.15, 0.2) is 59.5 Å². The van der Waals surface area contributed by atoms with Crippen LogP contribution in [0.4, 0.5) is 5.69 Å². The van der Waals surface area contributed by atoms with Crippen molar-refractivity contribution in [1.82, 2.24) is 0 Å². The number of carbonyl (C=O) groups excluding carboxylic acids is 1. The summed E-state index contributed by atoms with van der Waals surface area (Å²) in [5.74, 6) is -0.692. The molecule has 2 aromatic rings. The molecule has 0 unspecified atom stereocenters. The molecule has 2 rings (SSSR count). The molecule has 0 atom stereocenters. The zero-order valence-electron chi connectivity index (χ0n) is 11.4. The van der Waals surface area contributed by atoms with Crippen molar-refractivity contribution >= 4 is 21.7 Å². The van der Waals surface area contributed by atoms with Crippen molar-refractivity contribution in [3.05, 3.63) is 60.2 Å². The van der Waals surface area contributed by atoms with E-state index in [1.807, 2.05) is 0 Å². The molecule has 0 aliphatic rings. The van der Waals surface area contributed by atoms with Crippen molar-refractivity contribution < 1.29 is 17.9 Å². The van der Waals surface area contributed by atoms with Gasteiger partial charge in [-0.1, -0.05) is 24.3 Å². The number of esters is 1. The van der Waals surface area contributed by atoms with Crippen LogP contribution in [0.5, 0.6) is 0 Å². The second-order valence-electron chi connectivity index (χ2n) is 4.23. The molecule has 6 nitrogen and oxygen atoms in total. The van der Waals surface area contributed by atoms with Gasteiger partial charge in [-0.3, -0.25) is 4.72 Å². The van der Waals surface area contributed by atoms with Crippen LogP contribution in [0.1, 0.15) is 10.4 Å². The fraction of sp³-hybridized carbons (Fsp3) is 0.0667. The minimum absolute atomic E-state index is 0.118. The van der Waals surface area contributed by atoms with Crippen molar-refractivity contribution in [2.75, 3.05) is 11.3 Å². The lowest BCUT2D eigenvalue weighted by atomic mass is 10.2. The first-order valence-electron chi connectivity index (χ1n) is 6.25. The number of anilines is 1. The van der Waals surface area contributed by atoms with Gasteiger partial charge in [0.05, 0.1) is 10.5 Å². The van der Waals surface area contributed by atoms with Crippen LogP contribution >= 0.6 is 0 Å². The lowest BCUT2D eigenvalue weighted by molar-refractivity contribution is 0.0555. The Bertz CT molecular complexity index is 811. The number of sulfonamides is 1. The smallest absolute Gasteiger partial charge is 0.339 e. The lowest BCUT2D eigenvalue weighted by Crippen LogP contribution is -2.13. The van der Waals surface area contributed by atoms with Gasteiger partial charge in [0.15, 0.2) is 6.61 Å². The Labute approximate surface area is 128 Å². The van der Waals surface area contributed by atoms with Crippen LogP contribution in [0.2, 0.25) is 0 Å². The van der Waals surface area contributed by atoms with E-state index in [0.717, 1.165) is 0 Å². The molecule has 0 aliphatic heterocycles. The normalized spacial score (nSPS) is 10.5. The topological polar surface area (TPSA) is 96.3 Å². The number of hydrogen-bond acceptors (Lipinski definition) is 5. The fourth-order valence-corrected chi connectivity index (χ4v) is 2.78. The maximum atomic E-state index is 12.2. The van der Waals surface area contributed by atoms with Gasteiger partial charge in [-0.25, -0.2) is 13.2 Å². The van der Waals surface area contributed by atoms with Gasteiger partial charge < -0.3 is 4.74 Å². The molecule has 0 aliphatic carbocycles. The van der Waals surface area contributed by atoms with E-state index in [-0.39, 0.29) is 22.8 Å². The summed E-state index contributed by atoms with van der Waals surface area (Å²) in [6.45, 7) is -0.362. The molecule has 112 valence electrons. The minimum atomic E-state index is -3.73. The molecule has 0 fully saturated rings. The highest BCUT2D eigenvalue weighted by Crippen LogP contribution is 2.17. The summed E-state index contributed by atoms with van der Waals surface area (Å²) in [4.78, 5) is 11.8. The molecule has 0 radical (unpaired) electrons. The summed E-state index contributed by atoms with van der Waals surface area (Å²) >= 11 is 0. The van der Waals surface area contributed by atoms with E-state index >= 15 is 0 Å². The number of benzene rings is 2. The molecule has 7 heteroatoms. The maximum Gasteiger partial charge on any atom is 0.339 e. The van der Waals surface area contributed by atoms with Crippen LogP contribution in [0, 0.1) is 11.3 Å². The van der Waals surface area contributed by atoms with E-state index in [4.69, 9.17) is 5.26 Å². The molecule has 0 aromatic heterocycles. The summed E-state index contributed by atoms with van der Waals surface area (Å²) in [5, 5.41) is 8.38. The minimum Gasteiger partial charge on any atom is -0.447 e. The number of nitrogens with zero attached hydrogens (tertiary/aromatic N) is 1. The average molecular weight is 316 g/mol. The molecule has 1 N–H and O–H groups in total. The highest BCUT2D eigenvalue weighted by Gasteiger charge is 2.14. The van der Waals surface area contributed by atoms with E-state index in [0.29, 0.717) is 0 Å². The third-order valence-corrected chi connectivity index (χ3v) is 4.07. The largest absolute Gasteiger partial charge is 0.447 e. The number of ether oxygens (including phenoxy) is 1. The first-order valence-corrected chi connectivity index (χ1v) is 7.73. The molecule has 22 heavy (non-hydrogen) atoms. The summed E-state index contributed by atoms with van der Waals surface area (Å²) in [6, 6.07) is 15.4. The van der Waals surface area contributed by atoms with E-state index in [1.54, 1.807) is 24.3 Å². The molecular formula is C15H12N2O4S. The standard InChI is InChI=1S/C15H12N2O4S/c16-9-10-21-15(18)12-5-4-6-13(11-12)17-22(19,20)14-7-2-1-3-8-14/h1-8,11,17H,10H2. The fourth-order valence-electron chi connectivity index (χ4n) is 1.70. The predicted molar refractivity (Wildman–Crippen MR) is 79.6 cm³/mol. The van der Waals surface area contributed by atoms with E-state index in [9.17, 15) is 13.2 Å². The summed E-state index contributed by atoms with van der Waals surface area (Å²) in [6.07, 6.45) is 0. The van der Waals surface area contributed by atoms with E-state index in [1.165, 1.54) is 36.4 Å². The van der Waals surface area contributed by atoms with Crippen LogP contribution in [0.3, 0.4) is 0 Å². The van der Waals surface area contributed by atoms with Crippen molar-refractivity contribution in [3.63, 3.8) is 0 Å². The highest BCUT2D eigenvalue weighted by molar-refractivity contribution is 7.92. The Morgan fingerprint density at radius 3 is 2.55 bits per heavy atom. The Morgan fingerprint density at radius 1 is 1.14 bits per heavy atom. The van der Waals surface area contributed by atoms with Gasteiger partial charge >= 0.3 is 5.97 Å². The molecule has 0 spiro atoms. The van der Waals surface area contributed by atoms with Gasteiger partial charge in [0, 0.05) is 5.69 Å². The second-order valence-corrected chi connectivity index (χ2v) is 5.92. The number of rotatable bonds is 5. The second kappa shape index (κ2) is 6.74.